The zero-order valence-corrected chi connectivity index (χ0v) is 17.5. The first-order valence-corrected chi connectivity index (χ1v) is 10.3. The Morgan fingerprint density at radius 2 is 2.17 bits per heavy atom. The van der Waals surface area contributed by atoms with Crippen LogP contribution in [0.4, 0.5) is 15.8 Å². The highest BCUT2D eigenvalue weighted by Gasteiger charge is 2.38. The lowest BCUT2D eigenvalue weighted by molar-refractivity contribution is 0.234. The van der Waals surface area contributed by atoms with E-state index < -0.39 is 0 Å². The highest BCUT2D eigenvalue weighted by molar-refractivity contribution is 5.96. The third-order valence-electron chi connectivity index (χ3n) is 5.77. The third kappa shape index (κ3) is 3.69. The van der Waals surface area contributed by atoms with Crippen LogP contribution in [-0.4, -0.2) is 61.9 Å². The van der Waals surface area contributed by atoms with Crippen LogP contribution in [0.1, 0.15) is 18.9 Å². The van der Waals surface area contributed by atoms with Crippen molar-refractivity contribution in [2.24, 2.45) is 10.2 Å². The van der Waals surface area contributed by atoms with E-state index in [2.05, 4.69) is 43.5 Å². The maximum absolute atomic E-state index is 14.2. The summed E-state index contributed by atoms with van der Waals surface area (Å²) >= 11 is 0. The number of methoxy groups -OCH3 is 1. The van der Waals surface area contributed by atoms with Crippen LogP contribution in [0.15, 0.2) is 46.7 Å². The van der Waals surface area contributed by atoms with Gasteiger partial charge in [-0.3, -0.25) is 0 Å². The van der Waals surface area contributed by atoms with Gasteiger partial charge in [-0.05, 0) is 38.0 Å². The minimum atomic E-state index is -0.101. The monoisotopic (exact) mass is 410 g/mol. The fourth-order valence-electron chi connectivity index (χ4n) is 4.25. The topological polar surface area (TPSA) is 56.6 Å². The van der Waals surface area contributed by atoms with Crippen LogP contribution in [0.2, 0.25) is 0 Å². The zero-order valence-electron chi connectivity index (χ0n) is 17.5. The number of hydrogen-bond acceptors (Lipinski definition) is 5. The molecule has 1 aromatic carbocycles. The van der Waals surface area contributed by atoms with Gasteiger partial charge in [0.15, 0.2) is 0 Å². The van der Waals surface area contributed by atoms with E-state index in [1.807, 2.05) is 18.2 Å². The van der Waals surface area contributed by atoms with Crippen LogP contribution < -0.4 is 14.5 Å². The van der Waals surface area contributed by atoms with Crippen molar-refractivity contribution in [2.75, 3.05) is 43.1 Å². The Morgan fingerprint density at radius 1 is 1.33 bits per heavy atom. The van der Waals surface area contributed by atoms with Gasteiger partial charge >= 0.3 is 0 Å². The molecule has 1 fully saturated rings. The molecule has 0 saturated carbocycles. The van der Waals surface area contributed by atoms with Gasteiger partial charge in [-0.25, -0.2) is 9.37 Å². The van der Waals surface area contributed by atoms with Crippen LogP contribution in [0.3, 0.4) is 0 Å². The summed E-state index contributed by atoms with van der Waals surface area (Å²) in [6, 6.07) is 9.48. The van der Waals surface area contributed by atoms with Crippen molar-refractivity contribution in [1.29, 1.82) is 0 Å². The van der Waals surface area contributed by atoms with Crippen molar-refractivity contribution in [3.63, 3.8) is 0 Å². The lowest BCUT2D eigenvalue weighted by Crippen LogP contribution is -2.64. The molecule has 0 N–H and O–H groups in total. The average molecular weight is 410 g/mol. The number of halogens is 1. The Kier molecular flexibility index (Phi) is 5.83. The molecule has 30 heavy (non-hydrogen) atoms. The molecule has 0 atom stereocenters. The maximum atomic E-state index is 14.2. The number of pyridine rings is 1. The Hall–Kier alpha value is -3.16. The highest BCUT2D eigenvalue weighted by atomic mass is 19.1. The molecular weight excluding hydrogens is 383 g/mol. The summed E-state index contributed by atoms with van der Waals surface area (Å²) in [5.74, 6) is 1.21. The lowest BCUT2D eigenvalue weighted by atomic mass is 9.97. The summed E-state index contributed by atoms with van der Waals surface area (Å²) in [4.78, 5) is 10.9. The summed E-state index contributed by atoms with van der Waals surface area (Å²) in [5, 5.41) is 8.12. The average Bonchev–Trinajstić information content (AvgIpc) is 2.74. The van der Waals surface area contributed by atoms with E-state index in [0.29, 0.717) is 18.5 Å². The molecule has 0 radical (unpaired) electrons. The smallest absolute Gasteiger partial charge is 0.226 e. The van der Waals surface area contributed by atoms with Crippen molar-refractivity contribution >= 4 is 24.1 Å². The Labute approximate surface area is 176 Å². The highest BCUT2D eigenvalue weighted by Crippen LogP contribution is 2.33. The number of hydrogen-bond donors (Lipinski definition) is 0. The second-order valence-electron chi connectivity index (χ2n) is 7.44. The van der Waals surface area contributed by atoms with Crippen molar-refractivity contribution in [2.45, 2.75) is 25.8 Å². The van der Waals surface area contributed by atoms with E-state index in [-0.39, 0.29) is 5.82 Å². The van der Waals surface area contributed by atoms with Gasteiger partial charge in [0.1, 0.15) is 5.82 Å². The van der Waals surface area contributed by atoms with Gasteiger partial charge < -0.3 is 19.4 Å². The number of aromatic nitrogens is 1. The number of guanidine groups is 1. The van der Waals surface area contributed by atoms with E-state index >= 15 is 0 Å². The van der Waals surface area contributed by atoms with Gasteiger partial charge in [-0.2, -0.15) is 5.10 Å². The van der Waals surface area contributed by atoms with E-state index in [1.165, 1.54) is 0 Å². The van der Waals surface area contributed by atoms with Gasteiger partial charge in [-0.15, -0.1) is 5.10 Å². The minimum absolute atomic E-state index is 0.101. The van der Waals surface area contributed by atoms with E-state index in [9.17, 15) is 4.39 Å². The largest absolute Gasteiger partial charge is 0.481 e. The SMILES string of the molecule is C=N/N=C(/N1CC(N2CCCc3c(F)cccc32)C1)N(CC)c1ccc(OC)nc1. The molecule has 1 saturated heterocycles. The molecule has 0 aliphatic carbocycles. The van der Waals surface area contributed by atoms with Gasteiger partial charge in [-0.1, -0.05) is 6.07 Å². The molecule has 8 heteroatoms. The van der Waals surface area contributed by atoms with Crippen LogP contribution in [-0.2, 0) is 6.42 Å². The lowest BCUT2D eigenvalue weighted by Gasteiger charge is -2.50. The van der Waals surface area contributed by atoms with Crippen molar-refractivity contribution in [3.05, 3.63) is 47.9 Å². The molecule has 1 aromatic heterocycles. The number of fused-ring (bicyclic) bond motifs is 1. The van der Waals surface area contributed by atoms with Crippen LogP contribution in [0, 0.1) is 5.82 Å². The summed E-state index contributed by atoms with van der Waals surface area (Å²) < 4.78 is 19.4. The van der Waals surface area contributed by atoms with Gasteiger partial charge in [0.2, 0.25) is 11.8 Å². The predicted octanol–water partition coefficient (Wildman–Crippen LogP) is 3.16. The number of nitrogens with zero attached hydrogens (tertiary/aromatic N) is 6. The molecule has 2 aromatic rings. The molecule has 2 aliphatic rings. The van der Waals surface area contributed by atoms with Crippen LogP contribution in [0.25, 0.3) is 0 Å². The van der Waals surface area contributed by atoms with Gasteiger partial charge in [0.25, 0.3) is 0 Å². The first-order valence-electron chi connectivity index (χ1n) is 10.3. The predicted molar refractivity (Wildman–Crippen MR) is 118 cm³/mol. The summed E-state index contributed by atoms with van der Waals surface area (Å²) in [5.41, 5.74) is 2.77. The normalized spacial score (nSPS) is 16.7. The molecule has 4 rings (SSSR count). The van der Waals surface area contributed by atoms with E-state index in [1.54, 1.807) is 25.4 Å². The molecule has 158 valence electrons. The maximum Gasteiger partial charge on any atom is 0.226 e. The van der Waals surface area contributed by atoms with Crippen molar-refractivity contribution in [1.82, 2.24) is 9.88 Å². The Bertz CT molecular complexity index is 926. The fourth-order valence-corrected chi connectivity index (χ4v) is 4.25. The quantitative estimate of drug-likeness (QED) is 0.431. The molecular formula is C22H27FN6O. The fraction of sp³-hybridized carbons (Fsp3) is 0.409. The Balaban J connectivity index is 1.51. The number of rotatable bonds is 5. The molecule has 3 heterocycles. The third-order valence-corrected chi connectivity index (χ3v) is 5.77. The van der Waals surface area contributed by atoms with Crippen LogP contribution in [0.5, 0.6) is 5.88 Å². The summed E-state index contributed by atoms with van der Waals surface area (Å²) in [7, 11) is 1.60. The van der Waals surface area contributed by atoms with E-state index in [0.717, 1.165) is 55.4 Å². The first kappa shape index (κ1) is 20.1. The molecule has 0 unspecified atom stereocenters. The molecule has 0 amide bonds. The standard InChI is InChI=1S/C22H27FN6O/c1-4-28(16-10-11-21(30-3)25-13-16)22(26-24-2)27-14-17(15-27)29-12-6-7-18-19(23)8-5-9-20(18)29/h5,8-11,13,17H,2,4,6-7,12,14-15H2,1,3H3/b26-22-. The summed E-state index contributed by atoms with van der Waals surface area (Å²) in [6.07, 6.45) is 3.54. The zero-order chi connectivity index (χ0) is 21.1. The van der Waals surface area contributed by atoms with Crippen molar-refractivity contribution in [3.8, 4) is 5.88 Å². The van der Waals surface area contributed by atoms with Crippen LogP contribution >= 0.6 is 0 Å². The molecule has 7 nitrogen and oxygen atoms in total. The number of benzene rings is 1. The number of anilines is 2. The Morgan fingerprint density at radius 3 is 2.83 bits per heavy atom. The minimum Gasteiger partial charge on any atom is -0.481 e. The second-order valence-corrected chi connectivity index (χ2v) is 7.44. The van der Waals surface area contributed by atoms with E-state index in [4.69, 9.17) is 4.74 Å². The molecule has 2 aliphatic heterocycles. The van der Waals surface area contributed by atoms with Gasteiger partial charge in [0.05, 0.1) is 25.0 Å². The van der Waals surface area contributed by atoms with Gasteiger partial charge in [0, 0.05) is 50.2 Å². The number of ether oxygens (including phenoxy) is 1. The molecule has 0 bridgehead atoms. The molecule has 0 spiro atoms. The summed E-state index contributed by atoms with van der Waals surface area (Å²) in [6.45, 7) is 8.86. The first-order chi connectivity index (χ1) is 14.7. The second kappa shape index (κ2) is 8.69. The number of likely N-dealkylation sites (tertiary alicyclic amines) is 1. The van der Waals surface area contributed by atoms with Crippen molar-refractivity contribution < 1.29 is 9.13 Å².